The molecule has 0 bridgehead atoms. The van der Waals surface area contributed by atoms with Gasteiger partial charge in [0.05, 0.1) is 0 Å². The van der Waals surface area contributed by atoms with Crippen molar-refractivity contribution in [1.82, 2.24) is 10.2 Å². The van der Waals surface area contributed by atoms with Gasteiger partial charge in [-0.05, 0) is 47.1 Å². The first-order chi connectivity index (χ1) is 9.35. The number of amides is 1. The van der Waals surface area contributed by atoms with E-state index >= 15 is 0 Å². The molecule has 1 fully saturated rings. The number of ether oxygens (including phenoxy) is 1. The molecular formula is C16H32N2O2. The highest BCUT2D eigenvalue weighted by Gasteiger charge is 2.32. The fourth-order valence-corrected chi connectivity index (χ4v) is 2.81. The minimum atomic E-state index is -0.429. The number of carbonyl (C=O) groups is 1. The lowest BCUT2D eigenvalue weighted by Gasteiger charge is -2.39. The Morgan fingerprint density at radius 2 is 1.90 bits per heavy atom. The van der Waals surface area contributed by atoms with Crippen LogP contribution in [0.3, 0.4) is 0 Å². The molecule has 0 saturated heterocycles. The van der Waals surface area contributed by atoms with Gasteiger partial charge in [0.1, 0.15) is 5.60 Å². The molecule has 0 spiro atoms. The number of likely N-dealkylation sites (N-methyl/N-ethyl adjacent to an activating group) is 1. The minimum absolute atomic E-state index is 0.158. The van der Waals surface area contributed by atoms with Crippen molar-refractivity contribution in [1.29, 1.82) is 0 Å². The van der Waals surface area contributed by atoms with Crippen LogP contribution < -0.4 is 5.32 Å². The van der Waals surface area contributed by atoms with E-state index < -0.39 is 5.60 Å². The Balaban J connectivity index is 2.74. The number of hydrogen-bond donors (Lipinski definition) is 1. The van der Waals surface area contributed by atoms with E-state index in [1.807, 2.05) is 25.7 Å². The molecule has 0 unspecified atom stereocenters. The summed E-state index contributed by atoms with van der Waals surface area (Å²) in [5.74, 6) is 0. The molecule has 1 aliphatic carbocycles. The van der Waals surface area contributed by atoms with E-state index in [0.29, 0.717) is 6.04 Å². The lowest BCUT2D eigenvalue weighted by molar-refractivity contribution is 0.00224. The Bertz CT molecular complexity index is 293. The Morgan fingerprint density at radius 1 is 1.30 bits per heavy atom. The van der Waals surface area contributed by atoms with Gasteiger partial charge < -0.3 is 15.0 Å². The van der Waals surface area contributed by atoms with Gasteiger partial charge in [-0.3, -0.25) is 0 Å². The molecule has 20 heavy (non-hydrogen) atoms. The van der Waals surface area contributed by atoms with Crippen molar-refractivity contribution < 1.29 is 9.53 Å². The highest BCUT2D eigenvalue weighted by molar-refractivity contribution is 5.69. The number of hydrogen-bond acceptors (Lipinski definition) is 3. The minimum Gasteiger partial charge on any atom is -0.444 e. The molecule has 0 aliphatic heterocycles. The number of rotatable bonds is 5. The van der Waals surface area contributed by atoms with Crippen LogP contribution in [-0.4, -0.2) is 41.8 Å². The second-order valence-electron chi connectivity index (χ2n) is 6.84. The normalized spacial score (nSPS) is 18.6. The molecule has 1 atom stereocenters. The second-order valence-corrected chi connectivity index (χ2v) is 6.84. The van der Waals surface area contributed by atoms with E-state index in [0.717, 1.165) is 25.9 Å². The zero-order valence-corrected chi connectivity index (χ0v) is 13.9. The maximum absolute atomic E-state index is 12.5. The van der Waals surface area contributed by atoms with Crippen molar-refractivity contribution in [2.75, 3.05) is 13.1 Å². The van der Waals surface area contributed by atoms with Gasteiger partial charge in [-0.1, -0.05) is 26.2 Å². The fraction of sp³-hybridized carbons (Fsp3) is 0.938. The predicted molar refractivity (Wildman–Crippen MR) is 83.0 cm³/mol. The average Bonchev–Trinajstić information content (AvgIpc) is 2.35. The van der Waals surface area contributed by atoms with Crippen molar-refractivity contribution in [3.63, 3.8) is 0 Å². The Morgan fingerprint density at radius 3 is 2.40 bits per heavy atom. The third-order valence-corrected chi connectivity index (χ3v) is 3.74. The fourth-order valence-electron chi connectivity index (χ4n) is 2.81. The first-order valence-electron chi connectivity index (χ1n) is 8.07. The van der Waals surface area contributed by atoms with Crippen molar-refractivity contribution in [3.05, 3.63) is 0 Å². The Kier molecular flexibility index (Phi) is 6.80. The average molecular weight is 284 g/mol. The second kappa shape index (κ2) is 7.87. The van der Waals surface area contributed by atoms with Gasteiger partial charge in [0.25, 0.3) is 0 Å². The van der Waals surface area contributed by atoms with Crippen LogP contribution in [0.15, 0.2) is 0 Å². The summed E-state index contributed by atoms with van der Waals surface area (Å²) in [5.41, 5.74) is -0.429. The third-order valence-electron chi connectivity index (χ3n) is 3.74. The highest BCUT2D eigenvalue weighted by Crippen LogP contribution is 2.26. The molecule has 4 nitrogen and oxygen atoms in total. The van der Waals surface area contributed by atoms with Gasteiger partial charge in [0.15, 0.2) is 0 Å². The summed E-state index contributed by atoms with van der Waals surface area (Å²) < 4.78 is 5.61. The van der Waals surface area contributed by atoms with E-state index in [9.17, 15) is 4.79 Å². The molecule has 0 aromatic rings. The standard InChI is InChI=1S/C16H32N2O2/c1-6-17-12-13(2)18(14-10-8-7-9-11-14)15(19)20-16(3,4)5/h13-14,17H,6-12H2,1-5H3/t13-/m0/s1. The zero-order chi connectivity index (χ0) is 15.2. The maximum Gasteiger partial charge on any atom is 0.410 e. The largest absolute Gasteiger partial charge is 0.444 e. The molecule has 1 rings (SSSR count). The maximum atomic E-state index is 12.5. The first kappa shape index (κ1) is 17.3. The Hall–Kier alpha value is -0.770. The third kappa shape index (κ3) is 5.70. The van der Waals surface area contributed by atoms with Crippen LogP contribution in [0.25, 0.3) is 0 Å². The number of nitrogens with one attached hydrogen (secondary N) is 1. The molecule has 1 N–H and O–H groups in total. The smallest absolute Gasteiger partial charge is 0.410 e. The summed E-state index contributed by atoms with van der Waals surface area (Å²) in [6, 6.07) is 0.514. The topological polar surface area (TPSA) is 41.6 Å². The predicted octanol–water partition coefficient (Wildman–Crippen LogP) is 3.55. The molecule has 0 heterocycles. The summed E-state index contributed by atoms with van der Waals surface area (Å²) in [6.07, 6.45) is 5.79. The Labute approximate surface area is 124 Å². The van der Waals surface area contributed by atoms with Gasteiger partial charge in [-0.2, -0.15) is 0 Å². The quantitative estimate of drug-likeness (QED) is 0.839. The SMILES string of the molecule is CCNC[C@H](C)N(C(=O)OC(C)(C)C)C1CCCCC1. The highest BCUT2D eigenvalue weighted by atomic mass is 16.6. The summed E-state index contributed by atoms with van der Waals surface area (Å²) in [4.78, 5) is 14.5. The van der Waals surface area contributed by atoms with Crippen LogP contribution in [0, 0.1) is 0 Å². The molecule has 0 aromatic carbocycles. The monoisotopic (exact) mass is 284 g/mol. The molecular weight excluding hydrogens is 252 g/mol. The van der Waals surface area contributed by atoms with Crippen LogP contribution in [0.1, 0.15) is 66.7 Å². The summed E-state index contributed by atoms with van der Waals surface area (Å²) in [7, 11) is 0. The molecule has 1 aliphatic rings. The summed E-state index contributed by atoms with van der Waals surface area (Å²) in [5, 5.41) is 3.34. The van der Waals surface area contributed by atoms with Gasteiger partial charge in [-0.15, -0.1) is 0 Å². The molecule has 1 amide bonds. The lowest BCUT2D eigenvalue weighted by atomic mass is 9.93. The van der Waals surface area contributed by atoms with E-state index in [-0.39, 0.29) is 12.1 Å². The van der Waals surface area contributed by atoms with Crippen molar-refractivity contribution in [2.24, 2.45) is 0 Å². The van der Waals surface area contributed by atoms with Crippen molar-refractivity contribution >= 4 is 6.09 Å². The van der Waals surface area contributed by atoms with Crippen LogP contribution in [0.5, 0.6) is 0 Å². The van der Waals surface area contributed by atoms with E-state index in [2.05, 4.69) is 19.2 Å². The molecule has 4 heteroatoms. The summed E-state index contributed by atoms with van der Waals surface area (Å²) >= 11 is 0. The van der Waals surface area contributed by atoms with Crippen molar-refractivity contribution in [2.45, 2.75) is 84.4 Å². The number of carbonyl (C=O) groups excluding carboxylic acids is 1. The van der Waals surface area contributed by atoms with Gasteiger partial charge >= 0.3 is 6.09 Å². The summed E-state index contributed by atoms with van der Waals surface area (Å²) in [6.45, 7) is 11.7. The van der Waals surface area contributed by atoms with Gasteiger partial charge in [-0.25, -0.2) is 4.79 Å². The van der Waals surface area contributed by atoms with E-state index in [1.54, 1.807) is 0 Å². The molecule has 0 radical (unpaired) electrons. The first-order valence-corrected chi connectivity index (χ1v) is 8.07. The van der Waals surface area contributed by atoms with Crippen LogP contribution in [0.2, 0.25) is 0 Å². The molecule has 0 aromatic heterocycles. The van der Waals surface area contributed by atoms with E-state index in [4.69, 9.17) is 4.74 Å². The van der Waals surface area contributed by atoms with Gasteiger partial charge in [0.2, 0.25) is 0 Å². The van der Waals surface area contributed by atoms with Crippen LogP contribution in [0.4, 0.5) is 4.79 Å². The lowest BCUT2D eigenvalue weighted by Crippen LogP contribution is -2.51. The van der Waals surface area contributed by atoms with Crippen LogP contribution >= 0.6 is 0 Å². The molecule has 118 valence electrons. The number of nitrogens with zero attached hydrogens (tertiary/aromatic N) is 1. The molecule has 1 saturated carbocycles. The van der Waals surface area contributed by atoms with Crippen molar-refractivity contribution in [3.8, 4) is 0 Å². The van der Waals surface area contributed by atoms with E-state index in [1.165, 1.54) is 19.3 Å². The zero-order valence-electron chi connectivity index (χ0n) is 13.9. The van der Waals surface area contributed by atoms with Gasteiger partial charge in [0, 0.05) is 18.6 Å². The van der Waals surface area contributed by atoms with Crippen LogP contribution in [-0.2, 0) is 4.74 Å².